The van der Waals surface area contributed by atoms with Crippen LogP contribution in [0.3, 0.4) is 0 Å². The zero-order chi connectivity index (χ0) is 22.7. The van der Waals surface area contributed by atoms with Crippen LogP contribution in [-0.4, -0.2) is 54.1 Å². The highest BCUT2D eigenvalue weighted by Gasteiger charge is 2.23. The fourth-order valence-corrected chi connectivity index (χ4v) is 3.63. The molecule has 0 saturated carbocycles. The fourth-order valence-electron chi connectivity index (χ4n) is 3.63. The molecule has 7 nitrogen and oxygen atoms in total. The van der Waals surface area contributed by atoms with E-state index in [4.69, 9.17) is 9.15 Å². The SMILES string of the molecule is COc1ccc(-c2nc(CN3CCN(C(=O)Nc4ccc(C)c(F)c4)CC3)c(C)o2)cc1. The molecule has 1 aliphatic rings. The van der Waals surface area contributed by atoms with E-state index in [2.05, 4.69) is 15.2 Å². The Morgan fingerprint density at radius 2 is 1.84 bits per heavy atom. The fraction of sp³-hybridized carbons (Fsp3) is 0.333. The minimum Gasteiger partial charge on any atom is -0.497 e. The molecule has 2 amide bonds. The van der Waals surface area contributed by atoms with Crippen molar-refractivity contribution in [1.82, 2.24) is 14.8 Å². The number of hydrogen-bond acceptors (Lipinski definition) is 5. The first kappa shape index (κ1) is 21.8. The third-order valence-corrected chi connectivity index (χ3v) is 5.69. The smallest absolute Gasteiger partial charge is 0.321 e. The van der Waals surface area contributed by atoms with Crippen LogP contribution in [0.2, 0.25) is 0 Å². The molecule has 2 heterocycles. The molecule has 0 aliphatic carbocycles. The zero-order valence-corrected chi connectivity index (χ0v) is 18.5. The van der Waals surface area contributed by atoms with E-state index in [0.29, 0.717) is 36.8 Å². The summed E-state index contributed by atoms with van der Waals surface area (Å²) in [6, 6.07) is 12.1. The van der Waals surface area contributed by atoms with Gasteiger partial charge in [0.2, 0.25) is 5.89 Å². The van der Waals surface area contributed by atoms with Crippen molar-refractivity contribution >= 4 is 11.7 Å². The highest BCUT2D eigenvalue weighted by molar-refractivity contribution is 5.89. The molecule has 0 spiro atoms. The molecule has 3 aromatic rings. The number of anilines is 1. The first-order valence-corrected chi connectivity index (χ1v) is 10.6. The molecule has 1 fully saturated rings. The number of benzene rings is 2. The van der Waals surface area contributed by atoms with E-state index in [9.17, 15) is 9.18 Å². The number of nitrogens with one attached hydrogen (secondary N) is 1. The number of oxazole rings is 1. The van der Waals surface area contributed by atoms with E-state index >= 15 is 0 Å². The first-order valence-electron chi connectivity index (χ1n) is 10.6. The topological polar surface area (TPSA) is 70.8 Å². The number of urea groups is 1. The summed E-state index contributed by atoms with van der Waals surface area (Å²) in [5, 5.41) is 2.78. The Balaban J connectivity index is 1.32. The van der Waals surface area contributed by atoms with Gasteiger partial charge in [-0.05, 0) is 55.8 Å². The van der Waals surface area contributed by atoms with Gasteiger partial charge in [-0.1, -0.05) is 6.07 Å². The lowest BCUT2D eigenvalue weighted by atomic mass is 10.2. The van der Waals surface area contributed by atoms with Gasteiger partial charge in [-0.3, -0.25) is 4.90 Å². The number of halogens is 1. The number of piperazine rings is 1. The van der Waals surface area contributed by atoms with Crippen LogP contribution in [0, 0.1) is 19.7 Å². The molecule has 1 saturated heterocycles. The van der Waals surface area contributed by atoms with Gasteiger partial charge in [0.15, 0.2) is 0 Å². The normalized spacial score (nSPS) is 14.4. The lowest BCUT2D eigenvalue weighted by Crippen LogP contribution is -2.49. The number of carbonyl (C=O) groups excluding carboxylic acids is 1. The van der Waals surface area contributed by atoms with Crippen LogP contribution in [-0.2, 0) is 6.54 Å². The average molecular weight is 439 g/mol. The molecule has 1 aliphatic heterocycles. The van der Waals surface area contributed by atoms with E-state index < -0.39 is 0 Å². The summed E-state index contributed by atoms with van der Waals surface area (Å²) in [4.78, 5) is 21.2. The van der Waals surface area contributed by atoms with E-state index in [1.165, 1.54) is 6.07 Å². The van der Waals surface area contributed by atoms with Crippen LogP contribution in [0.25, 0.3) is 11.5 Å². The van der Waals surface area contributed by atoms with Gasteiger partial charge in [0.1, 0.15) is 17.3 Å². The van der Waals surface area contributed by atoms with E-state index in [0.717, 1.165) is 35.9 Å². The van der Waals surface area contributed by atoms with E-state index in [1.54, 1.807) is 31.1 Å². The van der Waals surface area contributed by atoms with Gasteiger partial charge < -0.3 is 19.4 Å². The van der Waals surface area contributed by atoms with Crippen molar-refractivity contribution in [2.75, 3.05) is 38.6 Å². The molecular formula is C24H27FN4O3. The molecule has 1 N–H and O–H groups in total. The summed E-state index contributed by atoms with van der Waals surface area (Å²) >= 11 is 0. The van der Waals surface area contributed by atoms with Crippen LogP contribution in [0.4, 0.5) is 14.9 Å². The van der Waals surface area contributed by atoms with Gasteiger partial charge in [-0.2, -0.15) is 0 Å². The number of methoxy groups -OCH3 is 1. The van der Waals surface area contributed by atoms with Crippen LogP contribution < -0.4 is 10.1 Å². The number of aromatic nitrogens is 1. The van der Waals surface area contributed by atoms with Crippen molar-refractivity contribution < 1.29 is 18.3 Å². The number of hydrogen-bond donors (Lipinski definition) is 1. The minimum atomic E-state index is -0.329. The van der Waals surface area contributed by atoms with Crippen molar-refractivity contribution in [3.63, 3.8) is 0 Å². The second-order valence-corrected chi connectivity index (χ2v) is 7.91. The van der Waals surface area contributed by atoms with Gasteiger partial charge in [0.25, 0.3) is 0 Å². The lowest BCUT2D eigenvalue weighted by molar-refractivity contribution is 0.141. The maximum absolute atomic E-state index is 13.7. The summed E-state index contributed by atoms with van der Waals surface area (Å²) in [7, 11) is 1.63. The molecule has 2 aromatic carbocycles. The molecule has 0 unspecified atom stereocenters. The van der Waals surface area contributed by atoms with Crippen molar-refractivity contribution in [2.24, 2.45) is 0 Å². The molecular weight excluding hydrogens is 411 g/mol. The Morgan fingerprint density at radius 1 is 1.12 bits per heavy atom. The largest absolute Gasteiger partial charge is 0.497 e. The highest BCUT2D eigenvalue weighted by Crippen LogP contribution is 2.25. The second kappa shape index (κ2) is 9.40. The molecule has 8 heteroatoms. The van der Waals surface area contributed by atoms with E-state index in [1.807, 2.05) is 31.2 Å². The summed E-state index contributed by atoms with van der Waals surface area (Å²) < 4.78 is 24.8. The highest BCUT2D eigenvalue weighted by atomic mass is 19.1. The standard InChI is InChI=1S/C24H27FN4O3/c1-16-4-7-19(14-21(16)25)26-24(30)29-12-10-28(11-13-29)15-22-17(2)32-23(27-22)18-5-8-20(31-3)9-6-18/h4-9,14H,10-13,15H2,1-3H3,(H,26,30). The summed E-state index contributed by atoms with van der Waals surface area (Å²) in [5.74, 6) is 1.83. The monoisotopic (exact) mass is 438 g/mol. The Labute approximate surface area is 186 Å². The third kappa shape index (κ3) is 4.91. The number of nitrogens with zero attached hydrogens (tertiary/aromatic N) is 3. The van der Waals surface area contributed by atoms with Gasteiger partial charge in [0.05, 0.1) is 12.8 Å². The van der Waals surface area contributed by atoms with Gasteiger partial charge in [-0.15, -0.1) is 0 Å². The van der Waals surface area contributed by atoms with E-state index in [-0.39, 0.29) is 11.8 Å². The summed E-state index contributed by atoms with van der Waals surface area (Å²) in [6.45, 7) is 6.88. The van der Waals surface area contributed by atoms with Crippen LogP contribution in [0.15, 0.2) is 46.9 Å². The van der Waals surface area contributed by atoms with Crippen molar-refractivity contribution in [2.45, 2.75) is 20.4 Å². The first-order chi connectivity index (χ1) is 15.4. The third-order valence-electron chi connectivity index (χ3n) is 5.69. The summed E-state index contributed by atoms with van der Waals surface area (Å²) in [6.07, 6.45) is 0. The molecule has 32 heavy (non-hydrogen) atoms. The number of ether oxygens (including phenoxy) is 1. The van der Waals surface area contributed by atoms with Crippen molar-refractivity contribution in [3.8, 4) is 17.2 Å². The van der Waals surface area contributed by atoms with Crippen LogP contribution in [0.1, 0.15) is 17.0 Å². The predicted octanol–water partition coefficient (Wildman–Crippen LogP) is 4.46. The quantitative estimate of drug-likeness (QED) is 0.637. The maximum atomic E-state index is 13.7. The Kier molecular flexibility index (Phi) is 6.41. The number of amides is 2. The molecule has 1 aromatic heterocycles. The van der Waals surface area contributed by atoms with Crippen LogP contribution >= 0.6 is 0 Å². The van der Waals surface area contributed by atoms with Gasteiger partial charge in [0, 0.05) is 44.0 Å². The average Bonchev–Trinajstić information content (AvgIpc) is 3.17. The number of aryl methyl sites for hydroxylation is 2. The predicted molar refractivity (Wildman–Crippen MR) is 120 cm³/mol. The van der Waals surface area contributed by atoms with Crippen LogP contribution in [0.5, 0.6) is 5.75 Å². The Hall–Kier alpha value is -3.39. The molecule has 0 bridgehead atoms. The maximum Gasteiger partial charge on any atom is 0.321 e. The number of carbonyl (C=O) groups is 1. The van der Waals surface area contributed by atoms with Crippen molar-refractivity contribution in [3.05, 3.63) is 65.3 Å². The number of rotatable bonds is 5. The molecule has 168 valence electrons. The minimum absolute atomic E-state index is 0.215. The molecule has 0 atom stereocenters. The molecule has 0 radical (unpaired) electrons. The Morgan fingerprint density at radius 3 is 2.50 bits per heavy atom. The summed E-state index contributed by atoms with van der Waals surface area (Å²) in [5.41, 5.74) is 2.80. The van der Waals surface area contributed by atoms with Crippen molar-refractivity contribution in [1.29, 1.82) is 0 Å². The van der Waals surface area contributed by atoms with Gasteiger partial charge >= 0.3 is 6.03 Å². The van der Waals surface area contributed by atoms with Gasteiger partial charge in [-0.25, -0.2) is 14.2 Å². The zero-order valence-electron chi connectivity index (χ0n) is 18.5. The molecule has 4 rings (SSSR count). The second-order valence-electron chi connectivity index (χ2n) is 7.91. The Bertz CT molecular complexity index is 1090. The lowest BCUT2D eigenvalue weighted by Gasteiger charge is -2.34.